The molecule has 0 aromatic heterocycles. The van der Waals surface area contributed by atoms with E-state index in [2.05, 4.69) is 17.0 Å². The fraction of sp³-hybridized carbons (Fsp3) is 0.800. The van der Waals surface area contributed by atoms with Crippen LogP contribution in [0.25, 0.3) is 0 Å². The number of amidine groups is 1. The maximum atomic E-state index is 11.7. The monoisotopic (exact) mass is 228 g/mol. The number of nitrogens with two attached hydrogens (primary N) is 1. The molecular formula is C10H20N4O2. The summed E-state index contributed by atoms with van der Waals surface area (Å²) in [7, 11) is 0. The number of hydrogen-bond acceptors (Lipinski definition) is 4. The number of rotatable bonds is 4. The van der Waals surface area contributed by atoms with Gasteiger partial charge in [0, 0.05) is 26.2 Å². The van der Waals surface area contributed by atoms with Crippen molar-refractivity contribution in [3.05, 3.63) is 0 Å². The lowest BCUT2D eigenvalue weighted by atomic mass is 10.2. The summed E-state index contributed by atoms with van der Waals surface area (Å²) in [5.74, 6) is -0.0903. The molecule has 1 saturated heterocycles. The van der Waals surface area contributed by atoms with Gasteiger partial charge in [-0.05, 0) is 13.0 Å². The fourth-order valence-electron chi connectivity index (χ4n) is 1.84. The van der Waals surface area contributed by atoms with Gasteiger partial charge in [-0.15, -0.1) is 0 Å². The van der Waals surface area contributed by atoms with Gasteiger partial charge in [-0.3, -0.25) is 9.69 Å². The van der Waals surface area contributed by atoms with Gasteiger partial charge >= 0.3 is 0 Å². The zero-order chi connectivity index (χ0) is 12.0. The zero-order valence-corrected chi connectivity index (χ0v) is 9.72. The molecule has 0 aromatic rings. The van der Waals surface area contributed by atoms with E-state index in [0.29, 0.717) is 0 Å². The van der Waals surface area contributed by atoms with E-state index in [9.17, 15) is 4.79 Å². The SMILES string of the molecule is CCCN1CCN(C(=O)C/C(N)=N/O)CC1. The first-order valence-electron chi connectivity index (χ1n) is 5.64. The molecule has 1 fully saturated rings. The highest BCUT2D eigenvalue weighted by atomic mass is 16.4. The summed E-state index contributed by atoms with van der Waals surface area (Å²) < 4.78 is 0. The van der Waals surface area contributed by atoms with Crippen molar-refractivity contribution in [1.29, 1.82) is 0 Å². The molecule has 6 nitrogen and oxygen atoms in total. The first-order valence-corrected chi connectivity index (χ1v) is 5.64. The fourth-order valence-corrected chi connectivity index (χ4v) is 1.84. The third-order valence-electron chi connectivity index (χ3n) is 2.73. The zero-order valence-electron chi connectivity index (χ0n) is 9.72. The van der Waals surface area contributed by atoms with E-state index in [1.807, 2.05) is 0 Å². The van der Waals surface area contributed by atoms with Crippen molar-refractivity contribution in [3.8, 4) is 0 Å². The van der Waals surface area contributed by atoms with Crippen LogP contribution in [0, 0.1) is 0 Å². The maximum Gasteiger partial charge on any atom is 0.230 e. The van der Waals surface area contributed by atoms with Crippen LogP contribution < -0.4 is 5.73 Å². The highest BCUT2D eigenvalue weighted by Crippen LogP contribution is 2.04. The minimum Gasteiger partial charge on any atom is -0.409 e. The van der Waals surface area contributed by atoms with Crippen molar-refractivity contribution in [2.75, 3.05) is 32.7 Å². The molecule has 3 N–H and O–H groups in total. The molecular weight excluding hydrogens is 208 g/mol. The van der Waals surface area contributed by atoms with Crippen molar-refractivity contribution >= 4 is 11.7 Å². The lowest BCUT2D eigenvalue weighted by molar-refractivity contribution is -0.131. The maximum absolute atomic E-state index is 11.7. The van der Waals surface area contributed by atoms with Gasteiger partial charge in [-0.1, -0.05) is 12.1 Å². The van der Waals surface area contributed by atoms with Crippen molar-refractivity contribution < 1.29 is 10.0 Å². The standard InChI is InChI=1S/C10H20N4O2/c1-2-3-13-4-6-14(7-5-13)10(15)8-9(11)12-16/h16H,2-8H2,1H3,(H2,11,12). The third kappa shape index (κ3) is 3.69. The molecule has 6 heteroatoms. The predicted molar refractivity (Wildman–Crippen MR) is 61.3 cm³/mol. The summed E-state index contributed by atoms with van der Waals surface area (Å²) in [5.41, 5.74) is 5.30. The Morgan fingerprint density at radius 3 is 2.50 bits per heavy atom. The smallest absolute Gasteiger partial charge is 0.230 e. The number of amides is 1. The molecule has 1 amide bonds. The van der Waals surface area contributed by atoms with E-state index in [1.54, 1.807) is 4.90 Å². The minimum absolute atomic E-state index is 0.00424. The lowest BCUT2D eigenvalue weighted by Crippen LogP contribution is -2.49. The Bertz CT molecular complexity index is 260. The molecule has 0 bridgehead atoms. The van der Waals surface area contributed by atoms with Crippen LogP contribution in [-0.4, -0.2) is 59.5 Å². The molecule has 0 radical (unpaired) electrons. The Labute approximate surface area is 95.7 Å². The predicted octanol–water partition coefficient (Wildman–Crippen LogP) is -0.323. The Kier molecular flexibility index (Phi) is 5.04. The number of oxime groups is 1. The van der Waals surface area contributed by atoms with Crippen LogP contribution in [0.4, 0.5) is 0 Å². The number of carbonyl (C=O) groups is 1. The summed E-state index contributed by atoms with van der Waals surface area (Å²) in [5, 5.41) is 11.2. The number of carbonyl (C=O) groups excluding carboxylic acids is 1. The van der Waals surface area contributed by atoms with Gasteiger partial charge in [0.1, 0.15) is 5.84 Å². The summed E-state index contributed by atoms with van der Waals surface area (Å²) in [6.45, 7) is 6.53. The topological polar surface area (TPSA) is 82.2 Å². The summed E-state index contributed by atoms with van der Waals surface area (Å²) in [4.78, 5) is 15.8. The van der Waals surface area contributed by atoms with Crippen LogP contribution in [0.2, 0.25) is 0 Å². The van der Waals surface area contributed by atoms with Gasteiger partial charge in [0.2, 0.25) is 5.91 Å². The molecule has 0 spiro atoms. The van der Waals surface area contributed by atoms with E-state index < -0.39 is 0 Å². The van der Waals surface area contributed by atoms with Gasteiger partial charge < -0.3 is 15.8 Å². The van der Waals surface area contributed by atoms with Gasteiger partial charge in [0.15, 0.2) is 0 Å². The second kappa shape index (κ2) is 6.32. The van der Waals surface area contributed by atoms with Gasteiger partial charge in [0.25, 0.3) is 0 Å². The van der Waals surface area contributed by atoms with Gasteiger partial charge in [-0.2, -0.15) is 0 Å². The van der Waals surface area contributed by atoms with Crippen molar-refractivity contribution in [2.45, 2.75) is 19.8 Å². The van der Waals surface area contributed by atoms with Crippen molar-refractivity contribution in [2.24, 2.45) is 10.9 Å². The number of piperazine rings is 1. The Hall–Kier alpha value is -1.30. The van der Waals surface area contributed by atoms with E-state index in [1.165, 1.54) is 0 Å². The Morgan fingerprint density at radius 2 is 2.00 bits per heavy atom. The molecule has 0 saturated carbocycles. The first kappa shape index (κ1) is 12.8. The first-order chi connectivity index (χ1) is 7.67. The quantitative estimate of drug-likeness (QED) is 0.299. The average molecular weight is 228 g/mol. The van der Waals surface area contributed by atoms with Crippen molar-refractivity contribution in [3.63, 3.8) is 0 Å². The normalized spacial score (nSPS) is 18.8. The second-order valence-corrected chi connectivity index (χ2v) is 3.99. The van der Waals surface area contributed by atoms with E-state index in [-0.39, 0.29) is 18.2 Å². The second-order valence-electron chi connectivity index (χ2n) is 3.99. The molecule has 0 aliphatic carbocycles. The molecule has 92 valence electrons. The highest BCUT2D eigenvalue weighted by molar-refractivity contribution is 5.98. The van der Waals surface area contributed by atoms with Crippen LogP contribution in [-0.2, 0) is 4.79 Å². The Balaban J connectivity index is 2.33. The van der Waals surface area contributed by atoms with E-state index >= 15 is 0 Å². The molecule has 0 unspecified atom stereocenters. The Morgan fingerprint density at radius 1 is 1.38 bits per heavy atom. The highest BCUT2D eigenvalue weighted by Gasteiger charge is 2.20. The van der Waals surface area contributed by atoms with Crippen LogP contribution in [0.3, 0.4) is 0 Å². The molecule has 1 rings (SSSR count). The molecule has 16 heavy (non-hydrogen) atoms. The number of nitrogens with zero attached hydrogens (tertiary/aromatic N) is 3. The lowest BCUT2D eigenvalue weighted by Gasteiger charge is -2.34. The third-order valence-corrected chi connectivity index (χ3v) is 2.73. The molecule has 0 aromatic carbocycles. The summed E-state index contributed by atoms with van der Waals surface area (Å²) in [6, 6.07) is 0. The van der Waals surface area contributed by atoms with E-state index in [0.717, 1.165) is 39.1 Å². The number of hydrogen-bond donors (Lipinski definition) is 2. The molecule has 0 atom stereocenters. The summed E-state index contributed by atoms with van der Waals surface area (Å²) in [6.07, 6.45) is 1.14. The molecule has 1 aliphatic rings. The van der Waals surface area contributed by atoms with Crippen LogP contribution >= 0.6 is 0 Å². The van der Waals surface area contributed by atoms with Gasteiger partial charge in [0.05, 0.1) is 6.42 Å². The molecule has 1 aliphatic heterocycles. The average Bonchev–Trinajstić information content (AvgIpc) is 2.30. The minimum atomic E-state index is -0.0635. The molecule has 1 heterocycles. The largest absolute Gasteiger partial charge is 0.409 e. The van der Waals surface area contributed by atoms with Crippen LogP contribution in [0.5, 0.6) is 0 Å². The van der Waals surface area contributed by atoms with Crippen LogP contribution in [0.15, 0.2) is 5.16 Å². The summed E-state index contributed by atoms with van der Waals surface area (Å²) >= 11 is 0. The van der Waals surface area contributed by atoms with Gasteiger partial charge in [-0.25, -0.2) is 0 Å². The van der Waals surface area contributed by atoms with E-state index in [4.69, 9.17) is 10.9 Å². The van der Waals surface area contributed by atoms with Crippen LogP contribution in [0.1, 0.15) is 19.8 Å². The van der Waals surface area contributed by atoms with Crippen molar-refractivity contribution in [1.82, 2.24) is 9.80 Å².